The number of aromatic nitrogens is 2. The molecular weight excluding hydrogens is 737 g/mol. The number of anilines is 5. The molecule has 1 aliphatic heterocycles. The monoisotopic (exact) mass is 771 g/mol. The van der Waals surface area contributed by atoms with Gasteiger partial charge in [0.05, 0.1) is 29.6 Å². The number of benzene rings is 1. The molecule has 1 aromatic carbocycles. The Morgan fingerprint density at radius 3 is 2.46 bits per heavy atom. The largest absolute Gasteiger partial charge is 0.494 e. The van der Waals surface area contributed by atoms with Crippen molar-refractivity contribution in [1.82, 2.24) is 20.0 Å². The third kappa shape index (κ3) is 7.87. The zero-order chi connectivity index (χ0) is 33.6. The maximum Gasteiger partial charge on any atom is 0.434 e. The van der Waals surface area contributed by atoms with Gasteiger partial charge < -0.3 is 30.7 Å². The standard InChI is InChI=1S/C28H34F3IN11O2P/c1-5-43(46-32)26-22(35-2)19(36-18-10-8-9-16(23(18)45-4)25(33)40-41(3)34)15-21(39-26)37-20-12-11-17(24(38-20)28(29,30)31)27(44)42-13-6-7-14-42/h8-12,15,46H,2,5-7,13-14,34H2,1,3-4H3,(H2,33,40)(H2,36,37,38,39). The number of halogens is 4. The number of para-hydroxylation sites is 1. The summed E-state index contributed by atoms with van der Waals surface area (Å²) >= 11 is 2.20. The molecular formula is C28H34F3IN11O2P. The molecule has 1 unspecified atom stereocenters. The first kappa shape index (κ1) is 34.9. The molecule has 0 saturated carbocycles. The van der Waals surface area contributed by atoms with Crippen LogP contribution in [0.5, 0.6) is 5.75 Å². The fourth-order valence-electron chi connectivity index (χ4n) is 4.84. The fourth-order valence-corrected chi connectivity index (χ4v) is 6.91. The molecule has 1 saturated heterocycles. The molecule has 13 nitrogen and oxygen atoms in total. The highest BCUT2D eigenvalue weighted by Crippen LogP contribution is 2.45. The van der Waals surface area contributed by atoms with E-state index in [9.17, 15) is 18.0 Å². The summed E-state index contributed by atoms with van der Waals surface area (Å²) in [5.41, 5.74) is 6.13. The van der Waals surface area contributed by atoms with Crippen molar-refractivity contribution >= 4 is 81.4 Å². The third-order valence-corrected chi connectivity index (χ3v) is 9.36. The molecule has 4 rings (SSSR count). The van der Waals surface area contributed by atoms with Crippen LogP contribution >= 0.6 is 28.4 Å². The number of carbonyl (C=O) groups excluding carboxylic acids is 1. The number of hydrazine groups is 1. The van der Waals surface area contributed by atoms with E-state index in [0.29, 0.717) is 53.8 Å². The van der Waals surface area contributed by atoms with Gasteiger partial charge in [0.15, 0.2) is 23.1 Å². The van der Waals surface area contributed by atoms with Crippen molar-refractivity contribution in [2.45, 2.75) is 25.9 Å². The van der Waals surface area contributed by atoms with Crippen LogP contribution in [0.25, 0.3) is 0 Å². The van der Waals surface area contributed by atoms with E-state index in [2.05, 4.69) is 59.5 Å². The molecule has 1 amide bonds. The number of pyridine rings is 2. The maximum atomic E-state index is 14.2. The Hall–Kier alpha value is -3.96. The normalized spacial score (nSPS) is 13.7. The summed E-state index contributed by atoms with van der Waals surface area (Å²) in [7, 11) is 2.99. The molecule has 0 bridgehead atoms. The lowest BCUT2D eigenvalue weighted by atomic mass is 10.1. The minimum absolute atomic E-state index is 0.104. The van der Waals surface area contributed by atoms with E-state index in [1.54, 1.807) is 24.3 Å². The second-order valence-electron chi connectivity index (χ2n) is 10.00. The minimum atomic E-state index is -4.86. The van der Waals surface area contributed by atoms with Crippen molar-refractivity contribution in [2.24, 2.45) is 21.7 Å². The van der Waals surface area contributed by atoms with Crippen LogP contribution in [0.3, 0.4) is 0 Å². The predicted octanol–water partition coefficient (Wildman–Crippen LogP) is 5.75. The number of carbonyl (C=O) groups is 1. The number of nitrogens with zero attached hydrogens (tertiary/aromatic N) is 7. The van der Waals surface area contributed by atoms with Gasteiger partial charge in [-0.2, -0.15) is 13.2 Å². The fraction of sp³-hybridized carbons (Fsp3) is 0.321. The highest BCUT2D eigenvalue weighted by Gasteiger charge is 2.39. The highest BCUT2D eigenvalue weighted by molar-refractivity contribution is 14.2. The van der Waals surface area contributed by atoms with Crippen LogP contribution in [-0.4, -0.2) is 72.2 Å². The molecule has 3 heterocycles. The van der Waals surface area contributed by atoms with Crippen molar-refractivity contribution in [3.63, 3.8) is 0 Å². The van der Waals surface area contributed by atoms with E-state index in [4.69, 9.17) is 16.3 Å². The zero-order valence-electron chi connectivity index (χ0n) is 25.3. The van der Waals surface area contributed by atoms with Crippen molar-refractivity contribution in [1.29, 1.82) is 0 Å². The van der Waals surface area contributed by atoms with Gasteiger partial charge >= 0.3 is 6.18 Å². The van der Waals surface area contributed by atoms with Crippen molar-refractivity contribution in [2.75, 3.05) is 49.1 Å². The molecule has 2 aromatic heterocycles. The predicted molar refractivity (Wildman–Crippen MR) is 185 cm³/mol. The maximum absolute atomic E-state index is 14.2. The first-order valence-electron chi connectivity index (χ1n) is 14.0. The van der Waals surface area contributed by atoms with E-state index in [0.717, 1.165) is 24.0 Å². The third-order valence-electron chi connectivity index (χ3n) is 6.88. The number of amidine groups is 1. The molecule has 3 aromatic rings. The first-order chi connectivity index (χ1) is 21.9. The first-order valence-corrected chi connectivity index (χ1v) is 18.0. The molecule has 46 heavy (non-hydrogen) atoms. The number of aliphatic imine (C=N–C) groups is 1. The molecule has 1 fully saturated rings. The van der Waals surface area contributed by atoms with Crippen LogP contribution in [0.15, 0.2) is 46.5 Å². The summed E-state index contributed by atoms with van der Waals surface area (Å²) in [5, 5.41) is 11.3. The summed E-state index contributed by atoms with van der Waals surface area (Å²) in [5.74, 6) is 5.85. The summed E-state index contributed by atoms with van der Waals surface area (Å²) in [6.07, 6.45) is -3.12. The number of hydrogen-bond acceptors (Lipinski definition) is 11. The lowest BCUT2D eigenvalue weighted by Crippen LogP contribution is -2.30. The Kier molecular flexibility index (Phi) is 11.4. The van der Waals surface area contributed by atoms with Gasteiger partial charge in [-0.05, 0) is 72.8 Å². The minimum Gasteiger partial charge on any atom is -0.494 e. The smallest absolute Gasteiger partial charge is 0.434 e. The number of hydrogen-bond donors (Lipinski definition) is 4. The molecule has 0 radical (unpaired) electrons. The van der Waals surface area contributed by atoms with Crippen LogP contribution < -0.4 is 31.6 Å². The lowest BCUT2D eigenvalue weighted by molar-refractivity contribution is -0.141. The number of nitrogens with one attached hydrogen (secondary N) is 2. The number of alkyl halides is 3. The summed E-state index contributed by atoms with van der Waals surface area (Å²) in [6, 6.07) is 9.22. The molecule has 6 N–H and O–H groups in total. The van der Waals surface area contributed by atoms with Gasteiger partial charge in [-0.15, -0.1) is 5.10 Å². The number of hydrazone groups is 1. The summed E-state index contributed by atoms with van der Waals surface area (Å²) in [4.78, 5) is 27.1. The number of amides is 1. The van der Waals surface area contributed by atoms with E-state index in [1.807, 2.05) is 11.6 Å². The molecule has 18 heteroatoms. The van der Waals surface area contributed by atoms with Crippen LogP contribution in [0, 0.1) is 0 Å². The quantitative estimate of drug-likeness (QED) is 0.0445. The topological polar surface area (TPSA) is 163 Å². The van der Waals surface area contributed by atoms with Crippen LogP contribution in [0.2, 0.25) is 0 Å². The van der Waals surface area contributed by atoms with Crippen molar-refractivity contribution < 1.29 is 22.7 Å². The lowest BCUT2D eigenvalue weighted by Gasteiger charge is -2.24. The molecule has 246 valence electrons. The average Bonchev–Trinajstić information content (AvgIpc) is 3.56. The number of likely N-dealkylation sites (tertiary alicyclic amines) is 1. The highest BCUT2D eigenvalue weighted by atomic mass is 127. The molecule has 1 aliphatic rings. The number of methoxy groups -OCH3 is 1. The Bertz CT molecular complexity index is 1610. The van der Waals surface area contributed by atoms with Crippen molar-refractivity contribution in [3.05, 3.63) is 53.2 Å². The Labute approximate surface area is 278 Å². The SMILES string of the molecule is C=Nc1c(Nc2cccc(/C(N)=N/N(C)N)c2OC)cc(Nc2ccc(C(=O)N3CCCC3)c(C(F)(F)F)n2)nc1N(CC)PI. The van der Waals surface area contributed by atoms with Gasteiger partial charge in [-0.1, -0.05) is 6.07 Å². The van der Waals surface area contributed by atoms with E-state index in [-0.39, 0.29) is 23.8 Å². The zero-order valence-corrected chi connectivity index (χ0v) is 28.5. The van der Waals surface area contributed by atoms with Gasteiger partial charge in [-0.25, -0.2) is 20.9 Å². The van der Waals surface area contributed by atoms with Crippen LogP contribution in [-0.2, 0) is 6.18 Å². The number of ether oxygens (including phenoxy) is 1. The number of nitrogens with two attached hydrogens (primary N) is 2. The molecule has 0 aliphatic carbocycles. The summed E-state index contributed by atoms with van der Waals surface area (Å²) < 4.78 is 50.1. The second kappa shape index (κ2) is 15.1. The average molecular weight is 772 g/mol. The molecule has 0 spiro atoms. The van der Waals surface area contributed by atoms with Gasteiger partial charge in [-0.3, -0.25) is 9.79 Å². The molecule has 1 atom stereocenters. The van der Waals surface area contributed by atoms with Gasteiger partial charge in [0, 0.05) is 39.1 Å². The van der Waals surface area contributed by atoms with Crippen LogP contribution in [0.4, 0.5) is 47.7 Å². The Morgan fingerprint density at radius 2 is 1.87 bits per heavy atom. The van der Waals surface area contributed by atoms with Gasteiger partial charge in [0.1, 0.15) is 17.3 Å². The van der Waals surface area contributed by atoms with E-state index >= 15 is 0 Å². The Morgan fingerprint density at radius 1 is 1.15 bits per heavy atom. The van der Waals surface area contributed by atoms with Gasteiger partial charge in [0.25, 0.3) is 5.91 Å². The second-order valence-corrected chi connectivity index (χ2v) is 12.2. The van der Waals surface area contributed by atoms with Gasteiger partial charge in [0.2, 0.25) is 0 Å². The van der Waals surface area contributed by atoms with E-state index < -0.39 is 23.3 Å². The van der Waals surface area contributed by atoms with E-state index in [1.165, 1.54) is 25.1 Å². The number of rotatable bonds is 12. The van der Waals surface area contributed by atoms with Crippen molar-refractivity contribution in [3.8, 4) is 5.75 Å². The van der Waals surface area contributed by atoms with Crippen LogP contribution in [0.1, 0.15) is 41.4 Å². The summed E-state index contributed by atoms with van der Waals surface area (Å²) in [6.45, 7) is 7.04. The Balaban J connectivity index is 1.81.